The summed E-state index contributed by atoms with van der Waals surface area (Å²) >= 11 is 3.56. The van der Waals surface area contributed by atoms with E-state index in [0.717, 1.165) is 22.9 Å². The van der Waals surface area contributed by atoms with Gasteiger partial charge in [-0.25, -0.2) is 0 Å². The normalized spacial score (nSPS) is 16.6. The zero-order valence-electron chi connectivity index (χ0n) is 11.0. The molecule has 1 aliphatic carbocycles. The molecule has 0 bridgehead atoms. The highest BCUT2D eigenvalue weighted by molar-refractivity contribution is 9.10. The largest absolute Gasteiger partial charge is 0.338 e. The standard InChI is InChI=1S/C14H16BrN3O/c1-8-5-10(6-9(2)11(8)15)12-17-13(19-18-12)14(7-16)3-4-14/h5-6H,3-4,7,16H2,1-2H3. The van der Waals surface area contributed by atoms with Crippen molar-refractivity contribution in [1.82, 2.24) is 10.1 Å². The first kappa shape index (κ1) is 12.8. The Kier molecular flexibility index (Phi) is 2.98. The monoisotopic (exact) mass is 321 g/mol. The molecule has 0 aliphatic heterocycles. The number of benzene rings is 1. The van der Waals surface area contributed by atoms with Gasteiger partial charge in [0, 0.05) is 16.6 Å². The Hall–Kier alpha value is -1.20. The highest BCUT2D eigenvalue weighted by Crippen LogP contribution is 2.46. The predicted molar refractivity (Wildman–Crippen MR) is 76.9 cm³/mol. The van der Waals surface area contributed by atoms with Crippen LogP contribution >= 0.6 is 15.9 Å². The summed E-state index contributed by atoms with van der Waals surface area (Å²) in [5.41, 5.74) is 9.05. The molecule has 1 saturated carbocycles. The molecule has 0 radical (unpaired) electrons. The van der Waals surface area contributed by atoms with Gasteiger partial charge in [0.25, 0.3) is 0 Å². The smallest absolute Gasteiger partial charge is 0.234 e. The first-order valence-corrected chi connectivity index (χ1v) is 7.16. The van der Waals surface area contributed by atoms with Crippen LogP contribution in [-0.2, 0) is 5.41 Å². The van der Waals surface area contributed by atoms with Gasteiger partial charge in [0.2, 0.25) is 11.7 Å². The van der Waals surface area contributed by atoms with Crippen LogP contribution in [0.25, 0.3) is 11.4 Å². The SMILES string of the molecule is Cc1cc(-c2noc(C3(CN)CC3)n2)cc(C)c1Br. The third-order valence-corrected chi connectivity index (χ3v) is 5.07. The third-order valence-electron chi connectivity index (χ3n) is 3.82. The Morgan fingerprint density at radius 1 is 1.32 bits per heavy atom. The van der Waals surface area contributed by atoms with Crippen LogP contribution in [0.2, 0.25) is 0 Å². The molecule has 0 spiro atoms. The van der Waals surface area contributed by atoms with Gasteiger partial charge < -0.3 is 10.3 Å². The molecule has 1 aromatic carbocycles. The second kappa shape index (κ2) is 4.42. The molecule has 100 valence electrons. The second-order valence-corrected chi connectivity index (χ2v) is 6.12. The molecule has 19 heavy (non-hydrogen) atoms. The van der Waals surface area contributed by atoms with Crippen LogP contribution in [-0.4, -0.2) is 16.7 Å². The number of hydrogen-bond acceptors (Lipinski definition) is 4. The van der Waals surface area contributed by atoms with Gasteiger partial charge in [-0.1, -0.05) is 21.1 Å². The number of aromatic nitrogens is 2. The third kappa shape index (κ3) is 2.11. The fourth-order valence-corrected chi connectivity index (χ4v) is 2.52. The van der Waals surface area contributed by atoms with Crippen molar-refractivity contribution in [2.24, 2.45) is 5.73 Å². The van der Waals surface area contributed by atoms with Gasteiger partial charge in [-0.05, 0) is 49.9 Å². The number of aryl methyl sites for hydroxylation is 2. The van der Waals surface area contributed by atoms with Crippen LogP contribution in [0.15, 0.2) is 21.1 Å². The number of hydrogen-bond donors (Lipinski definition) is 1. The van der Waals surface area contributed by atoms with Crippen molar-refractivity contribution in [3.63, 3.8) is 0 Å². The van der Waals surface area contributed by atoms with Crippen molar-refractivity contribution >= 4 is 15.9 Å². The average Bonchev–Trinajstić information content (AvgIpc) is 3.04. The maximum atomic E-state index is 5.78. The predicted octanol–water partition coefficient (Wildman–Crippen LogP) is 3.11. The fourth-order valence-electron chi connectivity index (χ4n) is 2.29. The summed E-state index contributed by atoms with van der Waals surface area (Å²) in [7, 11) is 0. The van der Waals surface area contributed by atoms with Crippen molar-refractivity contribution < 1.29 is 4.52 Å². The molecule has 0 atom stereocenters. The van der Waals surface area contributed by atoms with Crippen LogP contribution < -0.4 is 5.73 Å². The number of nitrogens with zero attached hydrogens (tertiary/aromatic N) is 2. The topological polar surface area (TPSA) is 64.9 Å². The quantitative estimate of drug-likeness (QED) is 0.943. The van der Waals surface area contributed by atoms with Gasteiger partial charge in [0.15, 0.2) is 0 Å². The maximum Gasteiger partial charge on any atom is 0.234 e. The van der Waals surface area contributed by atoms with Crippen LogP contribution in [0.1, 0.15) is 29.9 Å². The van der Waals surface area contributed by atoms with Crippen molar-refractivity contribution in [2.75, 3.05) is 6.54 Å². The van der Waals surface area contributed by atoms with E-state index in [1.165, 1.54) is 11.1 Å². The molecule has 3 rings (SSSR count). The highest BCUT2D eigenvalue weighted by Gasteiger charge is 2.48. The van der Waals surface area contributed by atoms with Crippen LogP contribution in [0.4, 0.5) is 0 Å². The lowest BCUT2D eigenvalue weighted by Gasteiger charge is -2.05. The van der Waals surface area contributed by atoms with Crippen LogP contribution in [0, 0.1) is 13.8 Å². The molecular weight excluding hydrogens is 306 g/mol. The van der Waals surface area contributed by atoms with Gasteiger partial charge in [-0.3, -0.25) is 0 Å². The maximum absolute atomic E-state index is 5.78. The van der Waals surface area contributed by atoms with Crippen LogP contribution in [0.5, 0.6) is 0 Å². The Bertz CT molecular complexity index is 608. The molecule has 2 N–H and O–H groups in total. The lowest BCUT2D eigenvalue weighted by molar-refractivity contribution is 0.347. The molecule has 1 fully saturated rings. The number of rotatable bonds is 3. The zero-order valence-corrected chi connectivity index (χ0v) is 12.6. The Morgan fingerprint density at radius 3 is 2.47 bits per heavy atom. The van der Waals surface area contributed by atoms with E-state index in [-0.39, 0.29) is 5.41 Å². The Labute approximate surface area is 120 Å². The van der Waals surface area contributed by atoms with Crippen molar-refractivity contribution in [3.8, 4) is 11.4 Å². The van der Waals surface area contributed by atoms with E-state index in [0.29, 0.717) is 18.3 Å². The molecule has 2 aromatic rings. The average molecular weight is 322 g/mol. The summed E-state index contributed by atoms with van der Waals surface area (Å²) in [4.78, 5) is 4.52. The number of nitrogens with two attached hydrogens (primary N) is 1. The van der Waals surface area contributed by atoms with Gasteiger partial charge in [0.1, 0.15) is 0 Å². The summed E-state index contributed by atoms with van der Waals surface area (Å²) in [5.74, 6) is 1.33. The van der Waals surface area contributed by atoms with Gasteiger partial charge >= 0.3 is 0 Å². The van der Waals surface area contributed by atoms with Gasteiger partial charge in [-0.2, -0.15) is 4.98 Å². The van der Waals surface area contributed by atoms with E-state index in [4.69, 9.17) is 10.3 Å². The Balaban J connectivity index is 1.99. The molecule has 0 amide bonds. The first-order chi connectivity index (χ1) is 9.05. The summed E-state index contributed by atoms with van der Waals surface area (Å²) in [6, 6.07) is 4.13. The summed E-state index contributed by atoms with van der Waals surface area (Å²) in [5, 5.41) is 4.10. The molecule has 1 heterocycles. The van der Waals surface area contributed by atoms with E-state index in [2.05, 4.69) is 52.1 Å². The van der Waals surface area contributed by atoms with E-state index in [9.17, 15) is 0 Å². The van der Waals surface area contributed by atoms with Gasteiger partial charge in [-0.15, -0.1) is 0 Å². The molecule has 0 unspecified atom stereocenters. The van der Waals surface area contributed by atoms with Crippen molar-refractivity contribution in [1.29, 1.82) is 0 Å². The molecule has 5 heteroatoms. The lowest BCUT2D eigenvalue weighted by Crippen LogP contribution is -2.19. The molecule has 4 nitrogen and oxygen atoms in total. The Morgan fingerprint density at radius 2 is 1.95 bits per heavy atom. The van der Waals surface area contributed by atoms with Gasteiger partial charge in [0.05, 0.1) is 5.41 Å². The van der Waals surface area contributed by atoms with E-state index in [1.54, 1.807) is 0 Å². The van der Waals surface area contributed by atoms with E-state index in [1.807, 2.05) is 0 Å². The zero-order chi connectivity index (χ0) is 13.6. The van der Waals surface area contributed by atoms with Crippen LogP contribution in [0.3, 0.4) is 0 Å². The van der Waals surface area contributed by atoms with Crippen molar-refractivity contribution in [2.45, 2.75) is 32.1 Å². The fraction of sp³-hybridized carbons (Fsp3) is 0.429. The van der Waals surface area contributed by atoms with E-state index >= 15 is 0 Å². The van der Waals surface area contributed by atoms with E-state index < -0.39 is 0 Å². The summed E-state index contributed by atoms with van der Waals surface area (Å²) in [6.45, 7) is 4.70. The molecular formula is C14H16BrN3O. The second-order valence-electron chi connectivity index (χ2n) is 5.33. The highest BCUT2D eigenvalue weighted by atomic mass is 79.9. The molecule has 1 aliphatic rings. The summed E-state index contributed by atoms with van der Waals surface area (Å²) < 4.78 is 6.52. The van der Waals surface area contributed by atoms with Crippen molar-refractivity contribution in [3.05, 3.63) is 33.6 Å². The minimum Gasteiger partial charge on any atom is -0.338 e. The lowest BCUT2D eigenvalue weighted by atomic mass is 10.1. The molecule has 0 saturated heterocycles. The summed E-state index contributed by atoms with van der Waals surface area (Å²) in [6.07, 6.45) is 2.09. The molecule has 1 aromatic heterocycles. The first-order valence-electron chi connectivity index (χ1n) is 6.37. The minimum atomic E-state index is -0.0509. The number of halogens is 1. The minimum absolute atomic E-state index is 0.0509.